The fraction of sp³-hybridized carbons (Fsp3) is 0.391. The quantitative estimate of drug-likeness (QED) is 0.449. The number of hydrogen-bond acceptors (Lipinski definition) is 7. The van der Waals surface area contributed by atoms with Crippen molar-refractivity contribution in [2.24, 2.45) is 0 Å². The van der Waals surface area contributed by atoms with Crippen molar-refractivity contribution >= 4 is 22.9 Å². The molecule has 1 fully saturated rings. The third-order valence-corrected chi connectivity index (χ3v) is 6.37. The molecular formula is C23H26FN7O3. The largest absolute Gasteiger partial charge is 0.479 e. The number of nitrogens with zero attached hydrogens (tertiary/aromatic N) is 5. The number of hydrogen-bond donors (Lipinski definition) is 2. The molecule has 10 nitrogen and oxygen atoms in total. The zero-order valence-electron chi connectivity index (χ0n) is 19.2. The highest BCUT2D eigenvalue weighted by molar-refractivity contribution is 6.01. The Hall–Kier alpha value is -3.73. The van der Waals surface area contributed by atoms with E-state index in [0.717, 1.165) is 25.7 Å². The number of carbonyl (C=O) groups is 1. The summed E-state index contributed by atoms with van der Waals surface area (Å²) in [4.78, 5) is 16.7. The third-order valence-electron chi connectivity index (χ3n) is 6.37. The Balaban J connectivity index is 1.54. The first-order valence-corrected chi connectivity index (χ1v) is 11.1. The summed E-state index contributed by atoms with van der Waals surface area (Å²) in [6, 6.07) is 3.66. The molecule has 0 aromatic carbocycles. The lowest BCUT2D eigenvalue weighted by Crippen LogP contribution is -2.30. The summed E-state index contributed by atoms with van der Waals surface area (Å²) in [5.41, 5.74) is 2.19. The molecule has 2 N–H and O–H groups in total. The Morgan fingerprint density at radius 2 is 2.00 bits per heavy atom. The van der Waals surface area contributed by atoms with Crippen LogP contribution < -0.4 is 15.4 Å². The van der Waals surface area contributed by atoms with Crippen molar-refractivity contribution in [1.29, 1.82) is 0 Å². The van der Waals surface area contributed by atoms with Crippen molar-refractivity contribution in [3.63, 3.8) is 0 Å². The van der Waals surface area contributed by atoms with Gasteiger partial charge in [0.15, 0.2) is 5.82 Å². The van der Waals surface area contributed by atoms with Crippen molar-refractivity contribution in [3.05, 3.63) is 42.1 Å². The van der Waals surface area contributed by atoms with Gasteiger partial charge in [-0.3, -0.25) is 4.79 Å². The van der Waals surface area contributed by atoms with Crippen LogP contribution in [0.3, 0.4) is 0 Å². The minimum absolute atomic E-state index is 0.209. The second kappa shape index (κ2) is 8.90. The van der Waals surface area contributed by atoms with Gasteiger partial charge in [0, 0.05) is 26.4 Å². The van der Waals surface area contributed by atoms with Crippen LogP contribution in [-0.4, -0.2) is 63.5 Å². The summed E-state index contributed by atoms with van der Waals surface area (Å²) in [6.07, 6.45) is 8.55. The van der Waals surface area contributed by atoms with Crippen LogP contribution in [0.1, 0.15) is 36.0 Å². The number of fused-ring (bicyclic) bond motifs is 2. The predicted molar refractivity (Wildman–Crippen MR) is 124 cm³/mol. The van der Waals surface area contributed by atoms with Gasteiger partial charge in [0.05, 0.1) is 42.3 Å². The molecule has 4 aromatic rings. The SMILES string of the molecule is CNC(=O)c1cnn2ccc(-c3c(F)cn4nc(N[C@H]5CC[C@@H](OC)CC5)nc(OC)c34)cc12. The zero-order valence-corrected chi connectivity index (χ0v) is 19.2. The normalized spacial score (nSPS) is 18.4. The molecule has 178 valence electrons. The van der Waals surface area contributed by atoms with Crippen LogP contribution in [0.15, 0.2) is 30.7 Å². The van der Waals surface area contributed by atoms with E-state index in [4.69, 9.17) is 9.47 Å². The maximum atomic E-state index is 15.3. The number of ether oxygens (including phenoxy) is 2. The lowest BCUT2D eigenvalue weighted by Gasteiger charge is -2.28. The molecule has 1 aliphatic rings. The Morgan fingerprint density at radius 1 is 1.21 bits per heavy atom. The summed E-state index contributed by atoms with van der Waals surface area (Å²) in [5, 5.41) is 14.6. The fourth-order valence-electron chi connectivity index (χ4n) is 4.57. The molecule has 1 aliphatic carbocycles. The number of amides is 1. The van der Waals surface area contributed by atoms with Crippen LogP contribution in [0.25, 0.3) is 22.2 Å². The summed E-state index contributed by atoms with van der Waals surface area (Å²) >= 11 is 0. The van der Waals surface area contributed by atoms with E-state index >= 15 is 4.39 Å². The van der Waals surface area contributed by atoms with Gasteiger partial charge in [-0.2, -0.15) is 10.1 Å². The van der Waals surface area contributed by atoms with E-state index in [0.29, 0.717) is 28.1 Å². The number of anilines is 1. The van der Waals surface area contributed by atoms with Crippen LogP contribution >= 0.6 is 0 Å². The molecule has 0 saturated heterocycles. The van der Waals surface area contributed by atoms with Crippen molar-refractivity contribution in [1.82, 2.24) is 29.5 Å². The van der Waals surface area contributed by atoms with Crippen LogP contribution in [-0.2, 0) is 4.74 Å². The highest BCUT2D eigenvalue weighted by Crippen LogP contribution is 2.35. The van der Waals surface area contributed by atoms with Crippen LogP contribution in [0.2, 0.25) is 0 Å². The maximum Gasteiger partial charge on any atom is 0.254 e. The number of pyridine rings is 1. The maximum absolute atomic E-state index is 15.3. The van der Waals surface area contributed by atoms with Crippen molar-refractivity contribution in [2.45, 2.75) is 37.8 Å². The Morgan fingerprint density at radius 3 is 2.71 bits per heavy atom. The van der Waals surface area contributed by atoms with E-state index in [2.05, 4.69) is 25.8 Å². The number of aromatic nitrogens is 5. The standard InChI is InChI=1S/C23H26FN7O3/c1-25-21(32)16-11-26-30-9-8-13(10-18(16)30)19-17(24)12-31-20(19)22(34-3)28-23(29-31)27-14-4-6-15(33-2)7-5-14/h8-12,14-15H,4-7H2,1-3H3,(H,25,32)(H,27,29)/t14-,15+. The first-order chi connectivity index (χ1) is 16.5. The molecule has 0 bridgehead atoms. The lowest BCUT2D eigenvalue weighted by atomic mass is 9.93. The van der Waals surface area contributed by atoms with Gasteiger partial charge in [0.25, 0.3) is 5.91 Å². The molecule has 4 aromatic heterocycles. The summed E-state index contributed by atoms with van der Waals surface area (Å²) in [7, 11) is 4.78. The average Bonchev–Trinajstić information content (AvgIpc) is 3.43. The van der Waals surface area contributed by atoms with Crippen molar-refractivity contribution in [3.8, 4) is 17.0 Å². The van der Waals surface area contributed by atoms with Crippen LogP contribution in [0.4, 0.5) is 10.3 Å². The molecule has 0 radical (unpaired) electrons. The average molecular weight is 468 g/mol. The lowest BCUT2D eigenvalue weighted by molar-refractivity contribution is 0.0681. The Labute approximate surface area is 195 Å². The predicted octanol–water partition coefficient (Wildman–Crippen LogP) is 2.92. The van der Waals surface area contributed by atoms with E-state index in [1.807, 2.05) is 0 Å². The highest BCUT2D eigenvalue weighted by Gasteiger charge is 2.24. The molecule has 0 spiro atoms. The molecule has 0 aliphatic heterocycles. The molecule has 34 heavy (non-hydrogen) atoms. The first kappa shape index (κ1) is 22.1. The molecule has 1 saturated carbocycles. The van der Waals surface area contributed by atoms with Gasteiger partial charge in [-0.05, 0) is 43.4 Å². The third kappa shape index (κ3) is 3.81. The van der Waals surface area contributed by atoms with E-state index in [-0.39, 0.29) is 29.5 Å². The second-order valence-electron chi connectivity index (χ2n) is 8.33. The minimum atomic E-state index is -0.476. The summed E-state index contributed by atoms with van der Waals surface area (Å²) in [6.45, 7) is 0. The second-order valence-corrected chi connectivity index (χ2v) is 8.33. The van der Waals surface area contributed by atoms with E-state index < -0.39 is 5.82 Å². The summed E-state index contributed by atoms with van der Waals surface area (Å²) < 4.78 is 29.2. The number of nitrogens with one attached hydrogen (secondary N) is 2. The molecule has 0 atom stereocenters. The van der Waals surface area contributed by atoms with Gasteiger partial charge in [-0.1, -0.05) is 0 Å². The fourth-order valence-corrected chi connectivity index (χ4v) is 4.57. The van der Waals surface area contributed by atoms with Gasteiger partial charge in [-0.25, -0.2) is 13.4 Å². The van der Waals surface area contributed by atoms with Crippen LogP contribution in [0.5, 0.6) is 5.88 Å². The van der Waals surface area contributed by atoms with Crippen LogP contribution in [0, 0.1) is 5.82 Å². The van der Waals surface area contributed by atoms with E-state index in [1.54, 1.807) is 37.0 Å². The monoisotopic (exact) mass is 467 g/mol. The van der Waals surface area contributed by atoms with E-state index in [1.165, 1.54) is 24.0 Å². The zero-order chi connectivity index (χ0) is 23.8. The molecule has 4 heterocycles. The van der Waals surface area contributed by atoms with Gasteiger partial charge in [-0.15, -0.1) is 5.10 Å². The number of rotatable bonds is 6. The van der Waals surface area contributed by atoms with E-state index in [9.17, 15) is 4.79 Å². The minimum Gasteiger partial charge on any atom is -0.479 e. The van der Waals surface area contributed by atoms with Crippen molar-refractivity contribution in [2.75, 3.05) is 26.6 Å². The molecule has 11 heteroatoms. The topological polar surface area (TPSA) is 107 Å². The Bertz CT molecular complexity index is 1360. The summed E-state index contributed by atoms with van der Waals surface area (Å²) in [5.74, 6) is -0.122. The van der Waals surface area contributed by atoms with Gasteiger partial charge >= 0.3 is 0 Å². The highest BCUT2D eigenvalue weighted by atomic mass is 19.1. The van der Waals surface area contributed by atoms with Gasteiger partial charge < -0.3 is 20.1 Å². The Kier molecular flexibility index (Phi) is 5.78. The van der Waals surface area contributed by atoms with Crippen molar-refractivity contribution < 1.29 is 18.7 Å². The number of methoxy groups -OCH3 is 2. The smallest absolute Gasteiger partial charge is 0.254 e. The van der Waals surface area contributed by atoms with Gasteiger partial charge in [0.1, 0.15) is 5.52 Å². The number of carbonyl (C=O) groups excluding carboxylic acids is 1. The molecule has 1 amide bonds. The molecule has 0 unspecified atom stereocenters. The molecular weight excluding hydrogens is 441 g/mol. The van der Waals surface area contributed by atoms with Gasteiger partial charge in [0.2, 0.25) is 11.8 Å². The first-order valence-electron chi connectivity index (χ1n) is 11.1. The molecule has 5 rings (SSSR count). The number of halogens is 1.